The molecule has 0 fully saturated rings. The van der Waals surface area contributed by atoms with Gasteiger partial charge in [-0.2, -0.15) is 0 Å². The Morgan fingerprint density at radius 2 is 1.00 bits per heavy atom. The number of aliphatic imine (C=N–C) groups is 2. The zero-order valence-electron chi connectivity index (χ0n) is 28.6. The van der Waals surface area contributed by atoms with E-state index in [2.05, 4.69) is 175 Å². The quantitative estimate of drug-likeness (QED) is 0.189. The van der Waals surface area contributed by atoms with E-state index in [1.807, 2.05) is 6.07 Å². The molecule has 1 aromatic heterocycles. The van der Waals surface area contributed by atoms with Gasteiger partial charge in [0, 0.05) is 27.5 Å². The second-order valence-corrected chi connectivity index (χ2v) is 13.8. The lowest BCUT2D eigenvalue weighted by molar-refractivity contribution is 0.662. The minimum atomic E-state index is -0.402. The number of hydrogen-bond acceptors (Lipinski definition) is 4. The molecule has 248 valence electrons. The smallest absolute Gasteiger partial charge is 0.159 e. The van der Waals surface area contributed by atoms with Crippen molar-refractivity contribution in [1.82, 2.24) is 5.32 Å². The molecule has 1 aliphatic rings. The van der Waals surface area contributed by atoms with Crippen LogP contribution in [0.15, 0.2) is 190 Å². The Balaban J connectivity index is 1.06. The molecule has 11 rings (SSSR count). The number of amidine groups is 2. The van der Waals surface area contributed by atoms with Crippen molar-refractivity contribution in [3.8, 4) is 11.1 Å². The van der Waals surface area contributed by atoms with Gasteiger partial charge in [-0.15, -0.1) is 0 Å². The Hall–Kier alpha value is -7.04. The van der Waals surface area contributed by atoms with Gasteiger partial charge < -0.3 is 9.73 Å². The Labute approximate surface area is 305 Å². The van der Waals surface area contributed by atoms with Crippen LogP contribution < -0.4 is 5.32 Å². The van der Waals surface area contributed by atoms with E-state index < -0.39 is 6.17 Å². The fraction of sp³-hybridized carbons (Fsp3) is 0.0204. The Kier molecular flexibility index (Phi) is 6.58. The first-order valence-corrected chi connectivity index (χ1v) is 18.0. The summed E-state index contributed by atoms with van der Waals surface area (Å²) in [6, 6.07) is 62.3. The van der Waals surface area contributed by atoms with Crippen LogP contribution in [0.25, 0.3) is 76.2 Å². The Bertz CT molecular complexity index is 3170. The van der Waals surface area contributed by atoms with Crippen LogP contribution in [0.1, 0.15) is 22.9 Å². The number of hydrogen-bond donors (Lipinski definition) is 1. The summed E-state index contributed by atoms with van der Waals surface area (Å²) >= 11 is 0. The number of nitrogens with zero attached hydrogens (tertiary/aromatic N) is 2. The highest BCUT2D eigenvalue weighted by Crippen LogP contribution is 2.38. The van der Waals surface area contributed by atoms with E-state index in [9.17, 15) is 0 Å². The Morgan fingerprint density at radius 3 is 1.83 bits per heavy atom. The van der Waals surface area contributed by atoms with Crippen molar-refractivity contribution in [2.24, 2.45) is 9.98 Å². The molecule has 1 unspecified atom stereocenters. The first-order chi connectivity index (χ1) is 26.2. The molecule has 10 aromatic rings. The minimum absolute atomic E-state index is 0.402. The molecule has 1 N–H and O–H groups in total. The zero-order chi connectivity index (χ0) is 34.9. The summed E-state index contributed by atoms with van der Waals surface area (Å²) in [5.41, 5.74) is 6.99. The molecule has 9 aromatic carbocycles. The molecule has 1 aliphatic heterocycles. The molecule has 2 heterocycles. The van der Waals surface area contributed by atoms with Gasteiger partial charge in [0.2, 0.25) is 0 Å². The van der Waals surface area contributed by atoms with Gasteiger partial charge in [0.05, 0.1) is 0 Å². The number of nitrogens with one attached hydrogen (secondary N) is 1. The Morgan fingerprint density at radius 1 is 0.415 bits per heavy atom. The molecular weight excluding hydrogens is 647 g/mol. The van der Waals surface area contributed by atoms with E-state index in [0.29, 0.717) is 5.84 Å². The summed E-state index contributed by atoms with van der Waals surface area (Å²) < 4.78 is 6.58. The van der Waals surface area contributed by atoms with Crippen molar-refractivity contribution in [3.05, 3.63) is 193 Å². The highest BCUT2D eigenvalue weighted by atomic mass is 16.3. The molecule has 0 saturated heterocycles. The molecular formula is C49H31N3O. The summed E-state index contributed by atoms with van der Waals surface area (Å²) in [6.45, 7) is 0. The second kappa shape index (κ2) is 11.8. The molecule has 4 nitrogen and oxygen atoms in total. The molecule has 0 amide bonds. The SMILES string of the molecule is c1ccc2cc(C3=NC(c4ccc5c(ccc6ccccc65)c4)=NC(c4cccc5oc6cc(-c7ccc8ccccc8c7)ccc6c45)N3)ccc2c1. The second-order valence-electron chi connectivity index (χ2n) is 13.8. The first-order valence-electron chi connectivity index (χ1n) is 18.0. The predicted molar refractivity (Wildman–Crippen MR) is 221 cm³/mol. The fourth-order valence-electron chi connectivity index (χ4n) is 8.00. The average Bonchev–Trinajstić information content (AvgIpc) is 3.61. The van der Waals surface area contributed by atoms with E-state index in [1.54, 1.807) is 0 Å². The predicted octanol–water partition coefficient (Wildman–Crippen LogP) is 12.4. The van der Waals surface area contributed by atoms with Crippen LogP contribution in [-0.4, -0.2) is 11.7 Å². The lowest BCUT2D eigenvalue weighted by Crippen LogP contribution is -2.33. The third-order valence-corrected chi connectivity index (χ3v) is 10.7. The van der Waals surface area contributed by atoms with Gasteiger partial charge in [0.25, 0.3) is 0 Å². The maximum Gasteiger partial charge on any atom is 0.159 e. The molecule has 0 radical (unpaired) electrons. The molecule has 0 spiro atoms. The third kappa shape index (κ3) is 4.99. The topological polar surface area (TPSA) is 49.9 Å². The van der Waals surface area contributed by atoms with Crippen molar-refractivity contribution in [3.63, 3.8) is 0 Å². The van der Waals surface area contributed by atoms with Crippen LogP contribution in [0.3, 0.4) is 0 Å². The van der Waals surface area contributed by atoms with Crippen LogP contribution in [0.4, 0.5) is 0 Å². The van der Waals surface area contributed by atoms with Gasteiger partial charge in [-0.1, -0.05) is 140 Å². The van der Waals surface area contributed by atoms with Crippen LogP contribution in [0, 0.1) is 0 Å². The summed E-state index contributed by atoms with van der Waals surface area (Å²) in [7, 11) is 0. The lowest BCUT2D eigenvalue weighted by Gasteiger charge is -2.24. The maximum absolute atomic E-state index is 6.58. The van der Waals surface area contributed by atoms with Crippen LogP contribution in [0.2, 0.25) is 0 Å². The van der Waals surface area contributed by atoms with E-state index >= 15 is 0 Å². The van der Waals surface area contributed by atoms with Gasteiger partial charge >= 0.3 is 0 Å². The van der Waals surface area contributed by atoms with Gasteiger partial charge in [0.1, 0.15) is 23.2 Å². The monoisotopic (exact) mass is 677 g/mol. The van der Waals surface area contributed by atoms with Crippen molar-refractivity contribution in [1.29, 1.82) is 0 Å². The number of rotatable bonds is 4. The highest BCUT2D eigenvalue weighted by molar-refractivity contribution is 6.17. The minimum Gasteiger partial charge on any atom is -0.456 e. The zero-order valence-corrected chi connectivity index (χ0v) is 28.6. The van der Waals surface area contributed by atoms with E-state index in [0.717, 1.165) is 66.4 Å². The first kappa shape index (κ1) is 29.7. The largest absolute Gasteiger partial charge is 0.456 e. The molecule has 53 heavy (non-hydrogen) atoms. The lowest BCUT2D eigenvalue weighted by atomic mass is 9.98. The molecule has 4 heteroatoms. The van der Waals surface area contributed by atoms with Crippen molar-refractivity contribution in [2.75, 3.05) is 0 Å². The van der Waals surface area contributed by atoms with Crippen LogP contribution in [-0.2, 0) is 0 Å². The number of benzene rings is 9. The summed E-state index contributed by atoms with van der Waals surface area (Å²) in [6.07, 6.45) is -0.402. The van der Waals surface area contributed by atoms with Crippen LogP contribution in [0.5, 0.6) is 0 Å². The van der Waals surface area contributed by atoms with E-state index in [4.69, 9.17) is 14.4 Å². The molecule has 0 saturated carbocycles. The number of furan rings is 1. The van der Waals surface area contributed by atoms with Crippen molar-refractivity contribution >= 4 is 76.7 Å². The highest BCUT2D eigenvalue weighted by Gasteiger charge is 2.25. The number of fused-ring (bicyclic) bond motifs is 8. The van der Waals surface area contributed by atoms with Gasteiger partial charge in [0.15, 0.2) is 5.84 Å². The van der Waals surface area contributed by atoms with Crippen LogP contribution >= 0.6 is 0 Å². The third-order valence-electron chi connectivity index (χ3n) is 10.7. The molecule has 1 atom stereocenters. The standard InChI is InChI=1S/C49H31N3O/c1-3-11-33-26-35(19-16-30(33)8-1)36-22-25-42-45(29-36)53-44-15-7-14-43(46(42)44)49-51-47(38-21-17-31-9-2-4-12-34(31)27-38)50-48(52-49)39-23-24-41-37(28-39)20-18-32-10-5-6-13-40(32)41/h1-29,49H,(H,50,51,52). The van der Waals surface area contributed by atoms with Gasteiger partial charge in [-0.25, -0.2) is 9.98 Å². The normalized spacial score (nSPS) is 14.6. The maximum atomic E-state index is 6.58. The fourth-order valence-corrected chi connectivity index (χ4v) is 8.00. The molecule has 0 bridgehead atoms. The molecule has 0 aliphatic carbocycles. The average molecular weight is 678 g/mol. The van der Waals surface area contributed by atoms with Gasteiger partial charge in [-0.3, -0.25) is 0 Å². The summed E-state index contributed by atoms with van der Waals surface area (Å²) in [5.74, 6) is 1.48. The van der Waals surface area contributed by atoms with Crippen molar-refractivity contribution < 1.29 is 4.42 Å². The van der Waals surface area contributed by atoms with Gasteiger partial charge in [-0.05, 0) is 90.6 Å². The summed E-state index contributed by atoms with van der Waals surface area (Å²) in [4.78, 5) is 10.5. The summed E-state index contributed by atoms with van der Waals surface area (Å²) in [5, 5.41) is 15.5. The van der Waals surface area contributed by atoms with Crippen molar-refractivity contribution in [2.45, 2.75) is 6.17 Å². The van der Waals surface area contributed by atoms with E-state index in [-0.39, 0.29) is 0 Å². The van der Waals surface area contributed by atoms with E-state index in [1.165, 1.54) is 32.3 Å².